The minimum absolute atomic E-state index is 0.0355. The maximum Gasteiger partial charge on any atom is 0.254 e. The summed E-state index contributed by atoms with van der Waals surface area (Å²) in [4.78, 5) is 43.3. The van der Waals surface area contributed by atoms with Crippen LogP contribution in [-0.4, -0.2) is 34.7 Å². The molecule has 0 radical (unpaired) electrons. The maximum atomic E-state index is 13.7. The first-order valence-electron chi connectivity index (χ1n) is 14.4. The van der Waals surface area contributed by atoms with E-state index < -0.39 is 0 Å². The number of fused-ring (bicyclic) bond motifs is 1. The van der Waals surface area contributed by atoms with Gasteiger partial charge in [-0.1, -0.05) is 68.7 Å². The van der Waals surface area contributed by atoms with Gasteiger partial charge in [0.1, 0.15) is 17.9 Å². The maximum absolute atomic E-state index is 13.7. The van der Waals surface area contributed by atoms with E-state index >= 15 is 0 Å². The van der Waals surface area contributed by atoms with Gasteiger partial charge >= 0.3 is 0 Å². The van der Waals surface area contributed by atoms with Crippen molar-refractivity contribution in [2.75, 3.05) is 13.1 Å². The number of para-hydroxylation sites is 1. The minimum Gasteiger partial charge on any atom is -0.464 e. The smallest absolute Gasteiger partial charge is 0.254 e. The molecule has 0 atom stereocenters. The fourth-order valence-corrected chi connectivity index (χ4v) is 4.87. The van der Waals surface area contributed by atoms with Crippen LogP contribution in [0.3, 0.4) is 0 Å². The minimum atomic E-state index is -0.387. The first-order chi connectivity index (χ1) is 20.4. The highest BCUT2D eigenvalue weighted by Gasteiger charge is 2.23. The summed E-state index contributed by atoms with van der Waals surface area (Å²) in [6.07, 6.45) is 8.60. The van der Waals surface area contributed by atoms with Crippen molar-refractivity contribution in [2.45, 2.75) is 52.1 Å². The van der Waals surface area contributed by atoms with Gasteiger partial charge in [0.05, 0.1) is 23.8 Å². The predicted octanol–water partition coefficient (Wildman–Crippen LogP) is 6.91. The van der Waals surface area contributed by atoms with E-state index in [2.05, 4.69) is 13.5 Å². The van der Waals surface area contributed by atoms with Gasteiger partial charge in [-0.25, -0.2) is 4.39 Å². The number of hydrogen-bond acceptors (Lipinski definition) is 4. The number of amides is 2. The third-order valence-corrected chi connectivity index (χ3v) is 7.23. The molecular formula is C35H37FN2O4. The summed E-state index contributed by atoms with van der Waals surface area (Å²) < 4.78 is 19.2. The lowest BCUT2D eigenvalue weighted by Gasteiger charge is -2.27. The number of aryl methyl sites for hydroxylation is 1. The van der Waals surface area contributed by atoms with Crippen molar-refractivity contribution in [3.05, 3.63) is 130 Å². The van der Waals surface area contributed by atoms with Gasteiger partial charge < -0.3 is 14.2 Å². The summed E-state index contributed by atoms with van der Waals surface area (Å²) in [5.41, 5.74) is 2.88. The molecule has 6 nitrogen and oxygen atoms in total. The van der Waals surface area contributed by atoms with Crippen molar-refractivity contribution in [3.63, 3.8) is 0 Å². The predicted molar refractivity (Wildman–Crippen MR) is 164 cm³/mol. The Morgan fingerprint density at radius 1 is 0.881 bits per heavy atom. The van der Waals surface area contributed by atoms with Crippen molar-refractivity contribution in [2.24, 2.45) is 0 Å². The Bertz CT molecular complexity index is 1560. The lowest BCUT2D eigenvalue weighted by Crippen LogP contribution is -2.43. The van der Waals surface area contributed by atoms with E-state index in [4.69, 9.17) is 4.42 Å². The van der Waals surface area contributed by atoms with E-state index in [0.29, 0.717) is 27.7 Å². The molecule has 0 aliphatic carbocycles. The molecular weight excluding hydrogens is 531 g/mol. The van der Waals surface area contributed by atoms with E-state index in [0.717, 1.165) is 12.8 Å². The quantitative estimate of drug-likeness (QED) is 0.122. The Morgan fingerprint density at radius 3 is 2.31 bits per heavy atom. The Labute approximate surface area is 246 Å². The second kappa shape index (κ2) is 14.9. The SMILES string of the molecule is C=CCN(CC(=O)N(Cc1ccc(F)cc1)Cc1coc2ccccc2c1=O)C(=O)c1ccc(CCCCCC)cc1. The first-order valence-corrected chi connectivity index (χ1v) is 14.4. The molecule has 0 saturated heterocycles. The number of nitrogens with zero attached hydrogens (tertiary/aromatic N) is 2. The Balaban J connectivity index is 1.54. The van der Waals surface area contributed by atoms with E-state index in [1.54, 1.807) is 54.6 Å². The molecule has 3 aromatic carbocycles. The van der Waals surface area contributed by atoms with Crippen molar-refractivity contribution >= 4 is 22.8 Å². The molecule has 0 aliphatic rings. The zero-order valence-electron chi connectivity index (χ0n) is 24.1. The molecule has 0 aliphatic heterocycles. The molecule has 0 spiro atoms. The van der Waals surface area contributed by atoms with Gasteiger partial charge in [0.25, 0.3) is 5.91 Å². The largest absolute Gasteiger partial charge is 0.464 e. The van der Waals surface area contributed by atoms with Crippen LogP contribution in [0.1, 0.15) is 59.7 Å². The summed E-state index contributed by atoms with van der Waals surface area (Å²) in [5, 5.41) is 0.418. The topological polar surface area (TPSA) is 70.8 Å². The van der Waals surface area contributed by atoms with Crippen LogP contribution in [0, 0.1) is 5.82 Å². The van der Waals surface area contributed by atoms with Gasteiger partial charge in [-0.15, -0.1) is 6.58 Å². The number of unbranched alkanes of at least 4 members (excludes halogenated alkanes) is 3. The number of hydrogen-bond donors (Lipinski definition) is 0. The molecule has 1 heterocycles. The van der Waals surface area contributed by atoms with E-state index in [-0.39, 0.29) is 49.2 Å². The molecule has 0 fully saturated rings. The summed E-state index contributed by atoms with van der Waals surface area (Å²) in [6.45, 7) is 5.99. The summed E-state index contributed by atoms with van der Waals surface area (Å²) in [7, 11) is 0. The van der Waals surface area contributed by atoms with Crippen LogP contribution in [0.5, 0.6) is 0 Å². The highest BCUT2D eigenvalue weighted by molar-refractivity contribution is 5.96. The van der Waals surface area contributed by atoms with Crippen LogP contribution < -0.4 is 5.43 Å². The molecule has 0 unspecified atom stereocenters. The molecule has 218 valence electrons. The zero-order valence-corrected chi connectivity index (χ0v) is 24.1. The van der Waals surface area contributed by atoms with Crippen LogP contribution in [0.4, 0.5) is 4.39 Å². The van der Waals surface area contributed by atoms with E-state index in [9.17, 15) is 18.8 Å². The second-order valence-electron chi connectivity index (χ2n) is 10.4. The number of carbonyl (C=O) groups is 2. The molecule has 7 heteroatoms. The monoisotopic (exact) mass is 568 g/mol. The highest BCUT2D eigenvalue weighted by atomic mass is 19.1. The van der Waals surface area contributed by atoms with Crippen molar-refractivity contribution in [1.29, 1.82) is 0 Å². The molecule has 42 heavy (non-hydrogen) atoms. The van der Waals surface area contributed by atoms with Gasteiger partial charge in [0.2, 0.25) is 5.91 Å². The molecule has 0 saturated carbocycles. The Kier molecular flexibility index (Phi) is 10.8. The fraction of sp³-hybridized carbons (Fsp3) is 0.286. The molecule has 4 aromatic rings. The Hall–Kier alpha value is -4.52. The Morgan fingerprint density at radius 2 is 1.60 bits per heavy atom. The van der Waals surface area contributed by atoms with Crippen LogP contribution in [0.25, 0.3) is 11.0 Å². The highest BCUT2D eigenvalue weighted by Crippen LogP contribution is 2.16. The van der Waals surface area contributed by atoms with Crippen LogP contribution in [0.15, 0.2) is 101 Å². The lowest BCUT2D eigenvalue weighted by molar-refractivity contribution is -0.133. The van der Waals surface area contributed by atoms with Crippen molar-refractivity contribution < 1.29 is 18.4 Å². The second-order valence-corrected chi connectivity index (χ2v) is 10.4. The molecule has 4 rings (SSSR count). The summed E-state index contributed by atoms with van der Waals surface area (Å²) >= 11 is 0. The lowest BCUT2D eigenvalue weighted by atomic mass is 10.0. The van der Waals surface area contributed by atoms with Gasteiger partial charge in [0, 0.05) is 18.7 Å². The number of rotatable bonds is 14. The first kappa shape index (κ1) is 30.4. The fourth-order valence-electron chi connectivity index (χ4n) is 4.87. The zero-order chi connectivity index (χ0) is 29.9. The molecule has 0 N–H and O–H groups in total. The summed E-state index contributed by atoms with van der Waals surface area (Å²) in [5.74, 6) is -1.04. The number of halogens is 1. The van der Waals surface area contributed by atoms with Crippen LogP contribution >= 0.6 is 0 Å². The average molecular weight is 569 g/mol. The van der Waals surface area contributed by atoms with E-state index in [1.165, 1.54) is 53.0 Å². The summed E-state index contributed by atoms with van der Waals surface area (Å²) in [6, 6.07) is 20.3. The van der Waals surface area contributed by atoms with Gasteiger partial charge in [-0.2, -0.15) is 0 Å². The number of carbonyl (C=O) groups excluding carboxylic acids is 2. The number of benzene rings is 3. The third kappa shape index (κ3) is 8.03. The van der Waals surface area contributed by atoms with Crippen molar-refractivity contribution in [1.82, 2.24) is 9.80 Å². The van der Waals surface area contributed by atoms with Gasteiger partial charge in [-0.05, 0) is 60.4 Å². The normalized spacial score (nSPS) is 10.9. The van der Waals surface area contributed by atoms with Gasteiger partial charge in [0.15, 0.2) is 5.43 Å². The molecule has 2 amide bonds. The van der Waals surface area contributed by atoms with Crippen LogP contribution in [0.2, 0.25) is 0 Å². The average Bonchev–Trinajstić information content (AvgIpc) is 3.01. The van der Waals surface area contributed by atoms with Gasteiger partial charge in [-0.3, -0.25) is 14.4 Å². The molecule has 0 bridgehead atoms. The standard InChI is InChI=1S/C35H37FN2O4/c1-3-5-6-7-10-26-13-17-28(18-14-26)35(41)37(21-4-2)24-33(39)38(22-27-15-19-30(36)20-16-27)23-29-25-42-32-12-9-8-11-31(32)34(29)40/h4,8-9,11-20,25H,2-3,5-7,10,21-24H2,1H3. The van der Waals surface area contributed by atoms with Crippen molar-refractivity contribution in [3.8, 4) is 0 Å². The van der Waals surface area contributed by atoms with Crippen LogP contribution in [-0.2, 0) is 24.3 Å². The third-order valence-electron chi connectivity index (χ3n) is 7.23. The van der Waals surface area contributed by atoms with E-state index in [1.807, 2.05) is 12.1 Å². The molecule has 1 aromatic heterocycles.